The minimum absolute atomic E-state index is 0. The van der Waals surface area contributed by atoms with Crippen LogP contribution in [-0.2, 0) is 11.3 Å². The molecule has 2 heterocycles. The van der Waals surface area contributed by atoms with Gasteiger partial charge in [-0.05, 0) is 23.8 Å². The van der Waals surface area contributed by atoms with Crippen molar-refractivity contribution in [2.45, 2.75) is 32.9 Å². The molecule has 0 saturated carbocycles. The lowest BCUT2D eigenvalue weighted by Crippen LogP contribution is -2.51. The monoisotopic (exact) mass is 511 g/mol. The van der Waals surface area contributed by atoms with Gasteiger partial charge in [-0.3, -0.25) is 14.9 Å². The number of aliphatic imine (C=N–C) groups is 1. The number of hydrogen-bond donors (Lipinski definition) is 2. The molecular weight excluding hydrogens is 477 g/mol. The molecule has 0 aliphatic carbocycles. The van der Waals surface area contributed by atoms with Crippen LogP contribution in [0.1, 0.15) is 26.0 Å². The van der Waals surface area contributed by atoms with Crippen molar-refractivity contribution in [1.82, 2.24) is 20.5 Å². The van der Waals surface area contributed by atoms with Crippen molar-refractivity contribution in [2.75, 3.05) is 39.9 Å². The Labute approximate surface area is 191 Å². The Balaban J connectivity index is 0.00000300. The number of morpholine rings is 1. The molecule has 1 aliphatic heterocycles. The highest BCUT2D eigenvalue weighted by Crippen LogP contribution is 2.16. The van der Waals surface area contributed by atoms with Crippen LogP contribution in [0.25, 0.3) is 10.8 Å². The number of nitrogens with zero attached hydrogens (tertiary/aromatic N) is 3. The molecule has 1 fully saturated rings. The van der Waals surface area contributed by atoms with E-state index in [9.17, 15) is 0 Å². The summed E-state index contributed by atoms with van der Waals surface area (Å²) >= 11 is 0. The minimum Gasteiger partial charge on any atom is -0.379 e. The average Bonchev–Trinajstić information content (AvgIpc) is 2.73. The molecule has 6 nitrogen and oxygen atoms in total. The lowest BCUT2D eigenvalue weighted by atomic mass is 10.0. The molecule has 1 aromatic heterocycles. The van der Waals surface area contributed by atoms with Crippen LogP contribution in [0.5, 0.6) is 0 Å². The summed E-state index contributed by atoms with van der Waals surface area (Å²) < 4.78 is 5.52. The molecule has 1 unspecified atom stereocenters. The summed E-state index contributed by atoms with van der Waals surface area (Å²) in [5.41, 5.74) is 1.04. The lowest BCUT2D eigenvalue weighted by molar-refractivity contribution is 0.0132. The van der Waals surface area contributed by atoms with E-state index in [0.29, 0.717) is 18.5 Å². The van der Waals surface area contributed by atoms with Crippen LogP contribution in [0, 0.1) is 5.92 Å². The van der Waals surface area contributed by atoms with Crippen molar-refractivity contribution in [3.63, 3.8) is 0 Å². The zero-order valence-electron chi connectivity index (χ0n) is 17.7. The molecule has 2 aromatic rings. The molecule has 160 valence electrons. The highest BCUT2D eigenvalue weighted by Gasteiger charge is 2.22. The van der Waals surface area contributed by atoms with Gasteiger partial charge in [0.25, 0.3) is 0 Å². The Bertz CT molecular complexity index is 771. The SMILES string of the molecule is CN=C(NCc1nccc2ccccc12)NCC(CC(C)C)N1CCOCC1.I. The third-order valence-corrected chi connectivity index (χ3v) is 5.21. The maximum Gasteiger partial charge on any atom is 0.191 e. The molecule has 1 aromatic carbocycles. The minimum atomic E-state index is 0. The van der Waals surface area contributed by atoms with Crippen LogP contribution in [-0.4, -0.2) is 61.8 Å². The Kier molecular flexibility index (Phi) is 10.1. The maximum absolute atomic E-state index is 5.52. The fourth-order valence-electron chi connectivity index (χ4n) is 3.77. The average molecular weight is 511 g/mol. The van der Waals surface area contributed by atoms with E-state index in [4.69, 9.17) is 4.74 Å². The van der Waals surface area contributed by atoms with Gasteiger partial charge in [-0.1, -0.05) is 38.1 Å². The standard InChI is InChI=1S/C22H33N5O.HI/c1-17(2)14-19(27-10-12-28-13-11-27)15-25-22(23-3)26-16-21-20-7-5-4-6-18(20)8-9-24-21;/h4-9,17,19H,10-16H2,1-3H3,(H2,23,25,26);1H. The molecule has 0 bridgehead atoms. The number of halogens is 1. The van der Waals surface area contributed by atoms with E-state index in [0.717, 1.165) is 50.9 Å². The first-order valence-corrected chi connectivity index (χ1v) is 10.3. The van der Waals surface area contributed by atoms with Crippen LogP contribution < -0.4 is 10.6 Å². The summed E-state index contributed by atoms with van der Waals surface area (Å²) in [5, 5.41) is 9.33. The predicted molar refractivity (Wildman–Crippen MR) is 131 cm³/mol. The highest BCUT2D eigenvalue weighted by molar-refractivity contribution is 14.0. The van der Waals surface area contributed by atoms with Crippen molar-refractivity contribution < 1.29 is 4.74 Å². The predicted octanol–water partition coefficient (Wildman–Crippen LogP) is 3.26. The number of benzene rings is 1. The molecule has 7 heteroatoms. The van der Waals surface area contributed by atoms with Crippen LogP contribution in [0.15, 0.2) is 41.5 Å². The Morgan fingerprint density at radius 1 is 1.17 bits per heavy atom. The second-order valence-electron chi connectivity index (χ2n) is 7.72. The zero-order valence-corrected chi connectivity index (χ0v) is 20.1. The van der Waals surface area contributed by atoms with Gasteiger partial charge in [-0.25, -0.2) is 0 Å². The van der Waals surface area contributed by atoms with E-state index in [2.05, 4.69) is 63.6 Å². The summed E-state index contributed by atoms with van der Waals surface area (Å²) in [6.07, 6.45) is 3.03. The van der Waals surface area contributed by atoms with E-state index in [1.165, 1.54) is 10.8 Å². The van der Waals surface area contributed by atoms with Crippen molar-refractivity contribution >= 4 is 40.7 Å². The van der Waals surface area contributed by atoms with Crippen molar-refractivity contribution in [1.29, 1.82) is 0 Å². The van der Waals surface area contributed by atoms with Crippen LogP contribution in [0.4, 0.5) is 0 Å². The zero-order chi connectivity index (χ0) is 19.8. The van der Waals surface area contributed by atoms with E-state index < -0.39 is 0 Å². The summed E-state index contributed by atoms with van der Waals surface area (Å²) in [7, 11) is 1.82. The largest absolute Gasteiger partial charge is 0.379 e. The fraction of sp³-hybridized carbons (Fsp3) is 0.545. The van der Waals surface area contributed by atoms with Crippen molar-refractivity contribution in [2.24, 2.45) is 10.9 Å². The van der Waals surface area contributed by atoms with E-state index in [-0.39, 0.29) is 24.0 Å². The number of nitrogens with one attached hydrogen (secondary N) is 2. The number of hydrogen-bond acceptors (Lipinski definition) is 4. The van der Waals surface area contributed by atoms with Gasteiger partial charge in [0.15, 0.2) is 5.96 Å². The highest BCUT2D eigenvalue weighted by atomic mass is 127. The second-order valence-corrected chi connectivity index (χ2v) is 7.72. The van der Waals surface area contributed by atoms with Crippen LogP contribution in [0.3, 0.4) is 0 Å². The lowest BCUT2D eigenvalue weighted by Gasteiger charge is -2.35. The van der Waals surface area contributed by atoms with Gasteiger partial charge < -0.3 is 15.4 Å². The molecular formula is C22H34IN5O. The first kappa shape index (κ1) is 23.8. The number of aromatic nitrogens is 1. The van der Waals surface area contributed by atoms with Gasteiger partial charge >= 0.3 is 0 Å². The number of rotatable bonds is 7. The molecule has 1 saturated heterocycles. The molecule has 3 rings (SSSR count). The molecule has 1 atom stereocenters. The van der Waals surface area contributed by atoms with Crippen LogP contribution >= 0.6 is 24.0 Å². The summed E-state index contributed by atoms with van der Waals surface area (Å²) in [6.45, 7) is 9.76. The number of guanidine groups is 1. The number of pyridine rings is 1. The van der Waals surface area contributed by atoms with E-state index in [1.807, 2.05) is 19.3 Å². The smallest absolute Gasteiger partial charge is 0.191 e. The molecule has 29 heavy (non-hydrogen) atoms. The molecule has 2 N–H and O–H groups in total. The third kappa shape index (κ3) is 7.08. The van der Waals surface area contributed by atoms with Gasteiger partial charge in [-0.2, -0.15) is 0 Å². The quantitative estimate of drug-likeness (QED) is 0.340. The first-order chi connectivity index (χ1) is 13.7. The normalized spacial score (nSPS) is 16.5. The van der Waals surface area contributed by atoms with Gasteiger partial charge in [0, 0.05) is 44.3 Å². The number of fused-ring (bicyclic) bond motifs is 1. The maximum atomic E-state index is 5.52. The summed E-state index contributed by atoms with van der Waals surface area (Å²) in [4.78, 5) is 11.5. The van der Waals surface area contributed by atoms with E-state index in [1.54, 1.807) is 0 Å². The Morgan fingerprint density at radius 3 is 2.66 bits per heavy atom. The fourth-order valence-corrected chi connectivity index (χ4v) is 3.77. The number of ether oxygens (including phenoxy) is 1. The Hall–Kier alpha value is -1.45. The van der Waals surface area contributed by atoms with Gasteiger partial charge in [0.05, 0.1) is 25.5 Å². The third-order valence-electron chi connectivity index (χ3n) is 5.21. The summed E-state index contributed by atoms with van der Waals surface area (Å²) in [5.74, 6) is 1.47. The first-order valence-electron chi connectivity index (χ1n) is 10.3. The molecule has 0 amide bonds. The molecule has 0 radical (unpaired) electrons. The molecule has 1 aliphatic rings. The van der Waals surface area contributed by atoms with Crippen molar-refractivity contribution in [3.05, 3.63) is 42.2 Å². The van der Waals surface area contributed by atoms with E-state index >= 15 is 0 Å². The molecule has 0 spiro atoms. The second kappa shape index (κ2) is 12.3. The van der Waals surface area contributed by atoms with Gasteiger partial charge in [-0.15, -0.1) is 24.0 Å². The topological polar surface area (TPSA) is 61.8 Å². The summed E-state index contributed by atoms with van der Waals surface area (Å²) in [6, 6.07) is 10.9. The van der Waals surface area contributed by atoms with Crippen LogP contribution in [0.2, 0.25) is 0 Å². The van der Waals surface area contributed by atoms with Gasteiger partial charge in [0.2, 0.25) is 0 Å². The van der Waals surface area contributed by atoms with Gasteiger partial charge in [0.1, 0.15) is 0 Å². The van der Waals surface area contributed by atoms with Crippen molar-refractivity contribution in [3.8, 4) is 0 Å². The Morgan fingerprint density at radius 2 is 1.93 bits per heavy atom.